The number of hydrogen-bond acceptors (Lipinski definition) is 2. The first kappa shape index (κ1) is 13.6. The van der Waals surface area contributed by atoms with Crippen molar-refractivity contribution >= 4 is 0 Å². The molecule has 1 fully saturated rings. The number of hydrogen-bond donors (Lipinski definition) is 1. The van der Waals surface area contributed by atoms with Crippen LogP contribution >= 0.6 is 0 Å². The first-order valence-electron chi connectivity index (χ1n) is 7.09. The molecule has 100 valence electrons. The van der Waals surface area contributed by atoms with E-state index in [2.05, 4.69) is 44.3 Å². The van der Waals surface area contributed by atoms with E-state index in [1.54, 1.807) is 0 Å². The van der Waals surface area contributed by atoms with E-state index in [9.17, 15) is 0 Å². The first-order valence-corrected chi connectivity index (χ1v) is 7.09. The van der Waals surface area contributed by atoms with Crippen molar-refractivity contribution in [2.24, 2.45) is 0 Å². The molecule has 0 bridgehead atoms. The molecular weight excluding hydrogens is 222 g/mol. The Labute approximate surface area is 111 Å². The van der Waals surface area contributed by atoms with Gasteiger partial charge in [-0.25, -0.2) is 0 Å². The van der Waals surface area contributed by atoms with E-state index in [1.165, 1.54) is 36.0 Å². The summed E-state index contributed by atoms with van der Waals surface area (Å²) >= 11 is 0. The zero-order valence-corrected chi connectivity index (χ0v) is 11.8. The molecule has 1 aliphatic heterocycles. The lowest BCUT2D eigenvalue weighted by Crippen LogP contribution is -2.33. The van der Waals surface area contributed by atoms with Crippen LogP contribution in [0.15, 0.2) is 18.2 Å². The zero-order valence-electron chi connectivity index (χ0n) is 11.8. The van der Waals surface area contributed by atoms with Gasteiger partial charge < -0.3 is 10.1 Å². The number of rotatable bonds is 4. The van der Waals surface area contributed by atoms with Gasteiger partial charge in [-0.3, -0.25) is 0 Å². The Morgan fingerprint density at radius 2 is 2.17 bits per heavy atom. The Kier molecular flexibility index (Phi) is 4.79. The molecule has 2 atom stereocenters. The average Bonchev–Trinajstić information content (AvgIpc) is 2.37. The predicted octanol–water partition coefficient (Wildman–Crippen LogP) is 3.52. The van der Waals surface area contributed by atoms with Gasteiger partial charge in [0.15, 0.2) is 0 Å². The Bertz CT molecular complexity index is 383. The maximum atomic E-state index is 5.75. The summed E-state index contributed by atoms with van der Waals surface area (Å²) in [5, 5.41) is 3.60. The molecule has 0 spiro atoms. The highest BCUT2D eigenvalue weighted by Crippen LogP contribution is 2.19. The number of benzene rings is 1. The minimum Gasteiger partial charge on any atom is -0.377 e. The Hall–Kier alpha value is -0.860. The summed E-state index contributed by atoms with van der Waals surface area (Å²) in [6, 6.07) is 7.09. The first-order chi connectivity index (χ1) is 8.66. The number of ether oxygens (including phenoxy) is 1. The minimum atomic E-state index is 0.399. The highest BCUT2D eigenvalue weighted by Gasteiger charge is 2.15. The Morgan fingerprint density at radius 1 is 1.33 bits per heavy atom. The normalized spacial score (nSPS) is 21.8. The van der Waals surface area contributed by atoms with Gasteiger partial charge in [0.1, 0.15) is 0 Å². The molecule has 2 nitrogen and oxygen atoms in total. The van der Waals surface area contributed by atoms with Gasteiger partial charge in [-0.1, -0.05) is 23.8 Å². The van der Waals surface area contributed by atoms with Gasteiger partial charge in [0, 0.05) is 19.2 Å². The summed E-state index contributed by atoms with van der Waals surface area (Å²) in [7, 11) is 0. The second-order valence-electron chi connectivity index (χ2n) is 5.48. The lowest BCUT2D eigenvalue weighted by atomic mass is 10.00. The molecule has 0 amide bonds. The van der Waals surface area contributed by atoms with Crippen molar-refractivity contribution in [3.8, 4) is 0 Å². The van der Waals surface area contributed by atoms with Crippen molar-refractivity contribution in [1.82, 2.24) is 5.32 Å². The fourth-order valence-electron chi connectivity index (χ4n) is 2.70. The number of aryl methyl sites for hydroxylation is 2. The van der Waals surface area contributed by atoms with E-state index in [1.807, 2.05) is 0 Å². The van der Waals surface area contributed by atoms with Gasteiger partial charge in [-0.05, 0) is 51.2 Å². The summed E-state index contributed by atoms with van der Waals surface area (Å²) < 4.78 is 5.75. The molecule has 1 aromatic carbocycles. The molecule has 1 aliphatic rings. The second kappa shape index (κ2) is 6.35. The Morgan fingerprint density at radius 3 is 2.83 bits per heavy atom. The molecule has 0 radical (unpaired) electrons. The third kappa shape index (κ3) is 3.56. The van der Waals surface area contributed by atoms with Gasteiger partial charge in [-0.15, -0.1) is 0 Å². The monoisotopic (exact) mass is 247 g/mol. The average molecular weight is 247 g/mol. The summed E-state index contributed by atoms with van der Waals surface area (Å²) in [6.45, 7) is 8.47. The molecule has 1 saturated heterocycles. The van der Waals surface area contributed by atoms with Gasteiger partial charge in [0.05, 0.1) is 6.10 Å². The molecule has 1 heterocycles. The van der Waals surface area contributed by atoms with Crippen LogP contribution < -0.4 is 5.32 Å². The SMILES string of the molecule is Cc1ccc(C(C)NCC2CCCCO2)c(C)c1. The fourth-order valence-corrected chi connectivity index (χ4v) is 2.70. The molecule has 1 aromatic rings. The molecule has 2 unspecified atom stereocenters. The highest BCUT2D eigenvalue weighted by atomic mass is 16.5. The van der Waals surface area contributed by atoms with Crippen LogP contribution in [0.1, 0.15) is 48.9 Å². The topological polar surface area (TPSA) is 21.3 Å². The molecule has 18 heavy (non-hydrogen) atoms. The lowest BCUT2D eigenvalue weighted by Gasteiger charge is -2.25. The number of nitrogens with one attached hydrogen (secondary N) is 1. The zero-order chi connectivity index (χ0) is 13.0. The predicted molar refractivity (Wildman–Crippen MR) is 75.9 cm³/mol. The van der Waals surface area contributed by atoms with Crippen molar-refractivity contribution in [3.63, 3.8) is 0 Å². The summed E-state index contributed by atoms with van der Waals surface area (Å²) in [6.07, 6.45) is 4.15. The van der Waals surface area contributed by atoms with E-state index in [0.717, 1.165) is 13.2 Å². The van der Waals surface area contributed by atoms with Crippen LogP contribution in [0.25, 0.3) is 0 Å². The largest absolute Gasteiger partial charge is 0.377 e. The van der Waals surface area contributed by atoms with Crippen LogP contribution in [0.5, 0.6) is 0 Å². The third-order valence-electron chi connectivity index (χ3n) is 3.82. The second-order valence-corrected chi connectivity index (χ2v) is 5.48. The standard InChI is InChI=1S/C16H25NO/c1-12-7-8-16(13(2)10-12)14(3)17-11-15-6-4-5-9-18-15/h7-8,10,14-15,17H,4-6,9,11H2,1-3H3. The van der Waals surface area contributed by atoms with Gasteiger partial charge in [0.2, 0.25) is 0 Å². The van der Waals surface area contributed by atoms with E-state index in [-0.39, 0.29) is 0 Å². The van der Waals surface area contributed by atoms with Crippen LogP contribution in [-0.2, 0) is 4.74 Å². The summed E-state index contributed by atoms with van der Waals surface area (Å²) in [5.74, 6) is 0. The molecule has 2 rings (SSSR count). The van der Waals surface area contributed by atoms with Crippen molar-refractivity contribution in [2.75, 3.05) is 13.2 Å². The summed E-state index contributed by atoms with van der Waals surface area (Å²) in [5.41, 5.74) is 4.11. The molecule has 1 N–H and O–H groups in total. The smallest absolute Gasteiger partial charge is 0.0699 e. The maximum Gasteiger partial charge on any atom is 0.0699 e. The summed E-state index contributed by atoms with van der Waals surface area (Å²) in [4.78, 5) is 0. The van der Waals surface area contributed by atoms with E-state index < -0.39 is 0 Å². The fraction of sp³-hybridized carbons (Fsp3) is 0.625. The van der Waals surface area contributed by atoms with Crippen molar-refractivity contribution in [1.29, 1.82) is 0 Å². The third-order valence-corrected chi connectivity index (χ3v) is 3.82. The minimum absolute atomic E-state index is 0.399. The van der Waals surface area contributed by atoms with Crippen LogP contribution in [0.3, 0.4) is 0 Å². The van der Waals surface area contributed by atoms with Gasteiger partial charge in [-0.2, -0.15) is 0 Å². The van der Waals surface area contributed by atoms with Crippen LogP contribution in [0.2, 0.25) is 0 Å². The van der Waals surface area contributed by atoms with Gasteiger partial charge >= 0.3 is 0 Å². The van der Waals surface area contributed by atoms with Crippen LogP contribution in [0.4, 0.5) is 0 Å². The molecule has 0 aliphatic carbocycles. The van der Waals surface area contributed by atoms with E-state index in [0.29, 0.717) is 12.1 Å². The van der Waals surface area contributed by atoms with Gasteiger partial charge in [0.25, 0.3) is 0 Å². The van der Waals surface area contributed by atoms with Crippen molar-refractivity contribution < 1.29 is 4.74 Å². The van der Waals surface area contributed by atoms with Crippen LogP contribution in [0, 0.1) is 13.8 Å². The van der Waals surface area contributed by atoms with Crippen molar-refractivity contribution in [2.45, 2.75) is 52.2 Å². The maximum absolute atomic E-state index is 5.75. The molecule has 0 aromatic heterocycles. The lowest BCUT2D eigenvalue weighted by molar-refractivity contribution is 0.0156. The molecule has 2 heteroatoms. The Balaban J connectivity index is 1.88. The van der Waals surface area contributed by atoms with E-state index in [4.69, 9.17) is 4.74 Å². The highest BCUT2D eigenvalue weighted by molar-refractivity contribution is 5.32. The molecular formula is C16H25NO. The van der Waals surface area contributed by atoms with Crippen LogP contribution in [-0.4, -0.2) is 19.3 Å². The van der Waals surface area contributed by atoms with E-state index >= 15 is 0 Å². The van der Waals surface area contributed by atoms with Crippen molar-refractivity contribution in [3.05, 3.63) is 34.9 Å². The quantitative estimate of drug-likeness (QED) is 0.879. The molecule has 0 saturated carbocycles.